The van der Waals surface area contributed by atoms with Crippen LogP contribution in [0, 0.1) is 0 Å². The Morgan fingerprint density at radius 3 is 2.19 bits per heavy atom. The first-order valence-electron chi connectivity index (χ1n) is 8.41. The summed E-state index contributed by atoms with van der Waals surface area (Å²) >= 11 is 0. The molecule has 2 aromatic carbocycles. The molecule has 3 rings (SSSR count). The molecule has 0 spiro atoms. The van der Waals surface area contributed by atoms with Gasteiger partial charge in [-0.25, -0.2) is 0 Å². The van der Waals surface area contributed by atoms with Crippen molar-refractivity contribution >= 4 is 11.6 Å². The lowest BCUT2D eigenvalue weighted by Gasteiger charge is -2.20. The standard InChI is InChI=1S/C21H21NO4/c1-13-19(21(24)16-7-5-4-6-15(16)20(13)23)22-11-10-14-8-9-17(25-2)18(12-14)26-3/h4-9,12,22H,10-11H2,1-3H3. The fourth-order valence-electron chi connectivity index (χ4n) is 3.08. The molecule has 1 aliphatic carbocycles. The maximum atomic E-state index is 12.7. The number of rotatable bonds is 6. The van der Waals surface area contributed by atoms with Crippen LogP contribution < -0.4 is 14.8 Å². The minimum atomic E-state index is -0.134. The number of carbonyl (C=O) groups excluding carboxylic acids is 2. The molecule has 1 aliphatic rings. The van der Waals surface area contributed by atoms with Crippen LogP contribution in [0.2, 0.25) is 0 Å². The fraction of sp³-hybridized carbons (Fsp3) is 0.238. The van der Waals surface area contributed by atoms with Crippen molar-refractivity contribution in [3.63, 3.8) is 0 Å². The Morgan fingerprint density at radius 1 is 0.885 bits per heavy atom. The SMILES string of the molecule is COc1ccc(CCNC2=C(C)C(=O)c3ccccc3C2=O)cc1OC. The molecule has 0 saturated heterocycles. The topological polar surface area (TPSA) is 64.6 Å². The number of nitrogens with one attached hydrogen (secondary N) is 1. The zero-order valence-electron chi connectivity index (χ0n) is 15.1. The largest absolute Gasteiger partial charge is 0.493 e. The summed E-state index contributed by atoms with van der Waals surface area (Å²) in [5.41, 5.74) is 2.82. The number of benzene rings is 2. The van der Waals surface area contributed by atoms with Gasteiger partial charge in [0.1, 0.15) is 0 Å². The van der Waals surface area contributed by atoms with E-state index in [0.29, 0.717) is 46.9 Å². The van der Waals surface area contributed by atoms with E-state index in [0.717, 1.165) is 5.56 Å². The first-order chi connectivity index (χ1) is 12.6. The Labute approximate surface area is 152 Å². The van der Waals surface area contributed by atoms with Gasteiger partial charge in [0, 0.05) is 23.2 Å². The molecule has 0 saturated carbocycles. The minimum Gasteiger partial charge on any atom is -0.493 e. The van der Waals surface area contributed by atoms with Crippen molar-refractivity contribution < 1.29 is 19.1 Å². The molecule has 0 aliphatic heterocycles. The number of ether oxygens (including phenoxy) is 2. The van der Waals surface area contributed by atoms with Crippen molar-refractivity contribution in [2.75, 3.05) is 20.8 Å². The van der Waals surface area contributed by atoms with Crippen molar-refractivity contribution in [3.05, 3.63) is 70.4 Å². The molecule has 134 valence electrons. The van der Waals surface area contributed by atoms with Gasteiger partial charge in [0.15, 0.2) is 17.3 Å². The van der Waals surface area contributed by atoms with E-state index in [1.165, 1.54) is 0 Å². The summed E-state index contributed by atoms with van der Waals surface area (Å²) in [6, 6.07) is 12.6. The van der Waals surface area contributed by atoms with Gasteiger partial charge >= 0.3 is 0 Å². The van der Waals surface area contributed by atoms with Gasteiger partial charge in [0.05, 0.1) is 19.9 Å². The molecule has 0 aromatic heterocycles. The Kier molecular flexibility index (Phi) is 5.07. The average molecular weight is 351 g/mol. The highest BCUT2D eigenvalue weighted by Gasteiger charge is 2.29. The summed E-state index contributed by atoms with van der Waals surface area (Å²) < 4.78 is 10.5. The number of allylic oxidation sites excluding steroid dienone is 2. The van der Waals surface area contributed by atoms with Crippen LogP contribution in [0.1, 0.15) is 33.2 Å². The summed E-state index contributed by atoms with van der Waals surface area (Å²) in [6.45, 7) is 2.22. The Hall–Kier alpha value is -3.08. The second-order valence-electron chi connectivity index (χ2n) is 6.07. The third-order valence-corrected chi connectivity index (χ3v) is 4.52. The molecule has 0 amide bonds. The molecule has 2 aromatic rings. The smallest absolute Gasteiger partial charge is 0.209 e. The van der Waals surface area contributed by atoms with Crippen LogP contribution >= 0.6 is 0 Å². The van der Waals surface area contributed by atoms with Crippen LogP contribution in [0.3, 0.4) is 0 Å². The molecule has 0 fully saturated rings. The van der Waals surface area contributed by atoms with Crippen LogP contribution in [0.4, 0.5) is 0 Å². The van der Waals surface area contributed by atoms with Crippen molar-refractivity contribution in [3.8, 4) is 11.5 Å². The van der Waals surface area contributed by atoms with E-state index >= 15 is 0 Å². The number of methoxy groups -OCH3 is 2. The van der Waals surface area contributed by atoms with Crippen LogP contribution in [-0.2, 0) is 6.42 Å². The molecule has 0 unspecified atom stereocenters. The van der Waals surface area contributed by atoms with E-state index in [2.05, 4.69) is 5.32 Å². The summed E-state index contributed by atoms with van der Waals surface area (Å²) in [7, 11) is 3.19. The van der Waals surface area contributed by atoms with E-state index < -0.39 is 0 Å². The fourth-order valence-corrected chi connectivity index (χ4v) is 3.08. The third-order valence-electron chi connectivity index (χ3n) is 4.52. The van der Waals surface area contributed by atoms with E-state index in [9.17, 15) is 9.59 Å². The first-order valence-corrected chi connectivity index (χ1v) is 8.41. The lowest BCUT2D eigenvalue weighted by atomic mass is 9.88. The minimum absolute atomic E-state index is 0.103. The van der Waals surface area contributed by atoms with Gasteiger partial charge in [-0.05, 0) is 31.0 Å². The van der Waals surface area contributed by atoms with Gasteiger partial charge in [-0.1, -0.05) is 30.3 Å². The summed E-state index contributed by atoms with van der Waals surface area (Å²) in [5, 5.41) is 3.14. The zero-order chi connectivity index (χ0) is 18.7. The van der Waals surface area contributed by atoms with Crippen molar-refractivity contribution in [2.45, 2.75) is 13.3 Å². The highest BCUT2D eigenvalue weighted by molar-refractivity contribution is 6.26. The highest BCUT2D eigenvalue weighted by atomic mass is 16.5. The van der Waals surface area contributed by atoms with Gasteiger partial charge < -0.3 is 14.8 Å². The predicted octanol–water partition coefficient (Wildman–Crippen LogP) is 3.19. The molecule has 0 radical (unpaired) electrons. The van der Waals surface area contributed by atoms with E-state index in [1.54, 1.807) is 45.4 Å². The maximum absolute atomic E-state index is 12.7. The van der Waals surface area contributed by atoms with Gasteiger partial charge in [-0.2, -0.15) is 0 Å². The van der Waals surface area contributed by atoms with Crippen molar-refractivity contribution in [2.24, 2.45) is 0 Å². The molecular weight excluding hydrogens is 330 g/mol. The van der Waals surface area contributed by atoms with Gasteiger partial charge in [0.25, 0.3) is 0 Å². The number of Topliss-reactive ketones (excluding diaryl/α,β-unsaturated/α-hetero) is 2. The van der Waals surface area contributed by atoms with E-state index in [4.69, 9.17) is 9.47 Å². The number of fused-ring (bicyclic) bond motifs is 1. The van der Waals surface area contributed by atoms with E-state index in [1.807, 2.05) is 18.2 Å². The van der Waals surface area contributed by atoms with Gasteiger partial charge in [-0.3, -0.25) is 9.59 Å². The summed E-state index contributed by atoms with van der Waals surface area (Å²) in [4.78, 5) is 25.2. The van der Waals surface area contributed by atoms with Crippen LogP contribution in [0.5, 0.6) is 11.5 Å². The molecule has 0 bridgehead atoms. The Balaban J connectivity index is 1.73. The number of carbonyl (C=O) groups is 2. The summed E-state index contributed by atoms with van der Waals surface area (Å²) in [6.07, 6.45) is 0.681. The van der Waals surface area contributed by atoms with Crippen molar-refractivity contribution in [1.29, 1.82) is 0 Å². The molecule has 5 nitrogen and oxygen atoms in total. The van der Waals surface area contributed by atoms with Crippen molar-refractivity contribution in [1.82, 2.24) is 5.32 Å². The molecule has 0 atom stereocenters. The zero-order valence-corrected chi connectivity index (χ0v) is 15.1. The molecule has 26 heavy (non-hydrogen) atoms. The third kappa shape index (κ3) is 3.20. The quantitative estimate of drug-likeness (QED) is 0.866. The summed E-state index contributed by atoms with van der Waals surface area (Å²) in [5.74, 6) is 1.10. The normalized spacial score (nSPS) is 13.5. The van der Waals surface area contributed by atoms with Crippen LogP contribution in [0.15, 0.2) is 53.7 Å². The Morgan fingerprint density at radius 2 is 1.54 bits per heavy atom. The van der Waals surface area contributed by atoms with Gasteiger partial charge in [0.2, 0.25) is 5.78 Å². The molecule has 0 heterocycles. The number of hydrogen-bond acceptors (Lipinski definition) is 5. The van der Waals surface area contributed by atoms with Crippen LogP contribution in [-0.4, -0.2) is 32.3 Å². The predicted molar refractivity (Wildman–Crippen MR) is 99.1 cm³/mol. The maximum Gasteiger partial charge on any atom is 0.209 e. The molecular formula is C21H21NO4. The van der Waals surface area contributed by atoms with Gasteiger partial charge in [-0.15, -0.1) is 0 Å². The highest BCUT2D eigenvalue weighted by Crippen LogP contribution is 2.28. The van der Waals surface area contributed by atoms with Crippen LogP contribution in [0.25, 0.3) is 0 Å². The second-order valence-corrected chi connectivity index (χ2v) is 6.07. The molecule has 5 heteroatoms. The lowest BCUT2D eigenvalue weighted by molar-refractivity contribution is 0.0969. The first kappa shape index (κ1) is 17.7. The number of ketones is 2. The lowest BCUT2D eigenvalue weighted by Crippen LogP contribution is -2.30. The average Bonchev–Trinajstić information content (AvgIpc) is 2.68. The number of hydrogen-bond donors (Lipinski definition) is 1. The second kappa shape index (κ2) is 7.44. The Bertz CT molecular complexity index is 899. The molecule has 1 N–H and O–H groups in total. The van der Waals surface area contributed by atoms with E-state index in [-0.39, 0.29) is 11.6 Å². The monoisotopic (exact) mass is 351 g/mol.